The highest BCUT2D eigenvalue weighted by Crippen LogP contribution is 2.39. The van der Waals surface area contributed by atoms with E-state index in [0.29, 0.717) is 17.9 Å². The van der Waals surface area contributed by atoms with Gasteiger partial charge in [-0.25, -0.2) is 0 Å². The number of amides is 1. The zero-order valence-electron chi connectivity index (χ0n) is 10.4. The number of nitrogens with zero attached hydrogens (tertiary/aromatic N) is 1. The molecule has 16 heavy (non-hydrogen) atoms. The molecule has 1 aliphatic heterocycles. The lowest BCUT2D eigenvalue weighted by atomic mass is 9.70. The van der Waals surface area contributed by atoms with E-state index in [1.54, 1.807) is 0 Å². The summed E-state index contributed by atoms with van der Waals surface area (Å²) in [6.45, 7) is 5.80. The summed E-state index contributed by atoms with van der Waals surface area (Å²) in [6.07, 6.45) is 7.65. The molecule has 0 aromatic rings. The minimum atomic E-state index is 0.294. The van der Waals surface area contributed by atoms with E-state index in [1.807, 2.05) is 4.90 Å². The summed E-state index contributed by atoms with van der Waals surface area (Å²) in [5.74, 6) is 0.294. The third kappa shape index (κ3) is 2.97. The molecule has 0 bridgehead atoms. The van der Waals surface area contributed by atoms with Gasteiger partial charge in [0.25, 0.3) is 0 Å². The lowest BCUT2D eigenvalue weighted by molar-refractivity contribution is -0.131. The fraction of sp³-hybridized carbons (Fsp3) is 0.923. The average molecular weight is 224 g/mol. The number of carbonyl (C=O) groups excluding carboxylic acids is 1. The van der Waals surface area contributed by atoms with Crippen molar-refractivity contribution >= 4 is 5.91 Å². The van der Waals surface area contributed by atoms with E-state index >= 15 is 0 Å². The third-order valence-corrected chi connectivity index (χ3v) is 4.10. The van der Waals surface area contributed by atoms with Gasteiger partial charge in [-0.2, -0.15) is 0 Å². The number of rotatable bonds is 4. The van der Waals surface area contributed by atoms with Gasteiger partial charge in [-0.15, -0.1) is 0 Å². The number of nitrogens with one attached hydrogen (secondary N) is 1. The van der Waals surface area contributed by atoms with Gasteiger partial charge in [0.2, 0.25) is 5.91 Å². The van der Waals surface area contributed by atoms with Crippen LogP contribution in [0.4, 0.5) is 0 Å². The summed E-state index contributed by atoms with van der Waals surface area (Å²) in [5.41, 5.74) is 0.474. The van der Waals surface area contributed by atoms with Crippen LogP contribution in [-0.2, 0) is 4.79 Å². The van der Waals surface area contributed by atoms with Crippen molar-refractivity contribution in [2.75, 3.05) is 26.2 Å². The van der Waals surface area contributed by atoms with Crippen molar-refractivity contribution in [1.29, 1.82) is 0 Å². The molecular weight excluding hydrogens is 200 g/mol. The lowest BCUT2D eigenvalue weighted by Crippen LogP contribution is -2.44. The van der Waals surface area contributed by atoms with E-state index in [4.69, 9.17) is 0 Å². The van der Waals surface area contributed by atoms with E-state index in [-0.39, 0.29) is 0 Å². The summed E-state index contributed by atoms with van der Waals surface area (Å²) >= 11 is 0. The van der Waals surface area contributed by atoms with Crippen LogP contribution in [0.25, 0.3) is 0 Å². The van der Waals surface area contributed by atoms with Crippen LogP contribution in [0.5, 0.6) is 0 Å². The highest BCUT2D eigenvalue weighted by atomic mass is 16.2. The Labute approximate surface area is 98.6 Å². The Balaban J connectivity index is 1.63. The minimum Gasteiger partial charge on any atom is -0.342 e. The van der Waals surface area contributed by atoms with Crippen LogP contribution < -0.4 is 5.32 Å². The molecular formula is C13H24N2O. The smallest absolute Gasteiger partial charge is 0.236 e. The van der Waals surface area contributed by atoms with Gasteiger partial charge in [-0.1, -0.05) is 13.3 Å². The van der Waals surface area contributed by atoms with Crippen molar-refractivity contribution in [2.24, 2.45) is 5.41 Å². The van der Waals surface area contributed by atoms with Gasteiger partial charge in [-0.05, 0) is 37.5 Å². The third-order valence-electron chi connectivity index (χ3n) is 4.10. The summed E-state index contributed by atoms with van der Waals surface area (Å²) in [5, 5.41) is 3.33. The second-order valence-electron chi connectivity index (χ2n) is 5.71. The van der Waals surface area contributed by atoms with Crippen LogP contribution in [0.3, 0.4) is 0 Å². The summed E-state index contributed by atoms with van der Waals surface area (Å²) in [7, 11) is 0. The van der Waals surface area contributed by atoms with Gasteiger partial charge < -0.3 is 10.2 Å². The van der Waals surface area contributed by atoms with Crippen LogP contribution in [0.2, 0.25) is 0 Å². The number of hydrogen-bond acceptors (Lipinski definition) is 2. The Morgan fingerprint density at radius 2 is 1.88 bits per heavy atom. The Hall–Kier alpha value is -0.570. The summed E-state index contributed by atoms with van der Waals surface area (Å²) < 4.78 is 0. The number of hydrogen-bond donors (Lipinski definition) is 1. The predicted octanol–water partition coefficient (Wildman–Crippen LogP) is 1.78. The van der Waals surface area contributed by atoms with Gasteiger partial charge >= 0.3 is 0 Å². The second-order valence-corrected chi connectivity index (χ2v) is 5.71. The first kappa shape index (κ1) is 11.9. The predicted molar refractivity (Wildman–Crippen MR) is 65.3 cm³/mol. The number of carbonyl (C=O) groups is 1. The molecule has 0 aromatic carbocycles. The van der Waals surface area contributed by atoms with Gasteiger partial charge in [0, 0.05) is 19.6 Å². The quantitative estimate of drug-likeness (QED) is 0.789. The van der Waals surface area contributed by atoms with E-state index < -0.39 is 0 Å². The van der Waals surface area contributed by atoms with Crippen molar-refractivity contribution in [3.8, 4) is 0 Å². The van der Waals surface area contributed by atoms with E-state index in [1.165, 1.54) is 38.5 Å². The molecule has 0 unspecified atom stereocenters. The van der Waals surface area contributed by atoms with Crippen molar-refractivity contribution in [3.05, 3.63) is 0 Å². The van der Waals surface area contributed by atoms with Crippen LogP contribution >= 0.6 is 0 Å². The molecule has 2 fully saturated rings. The van der Waals surface area contributed by atoms with Crippen molar-refractivity contribution in [2.45, 2.75) is 45.4 Å². The first-order valence-corrected chi connectivity index (χ1v) is 6.68. The summed E-state index contributed by atoms with van der Waals surface area (Å²) in [6, 6.07) is 0. The minimum absolute atomic E-state index is 0.294. The molecule has 1 N–H and O–H groups in total. The van der Waals surface area contributed by atoms with Gasteiger partial charge in [0.1, 0.15) is 0 Å². The normalized spacial score (nSPS) is 23.9. The lowest BCUT2D eigenvalue weighted by Gasteiger charge is -2.38. The van der Waals surface area contributed by atoms with E-state index in [0.717, 1.165) is 19.6 Å². The van der Waals surface area contributed by atoms with Gasteiger partial charge in [0.15, 0.2) is 0 Å². The molecule has 0 spiro atoms. The molecule has 2 rings (SSSR count). The molecule has 1 saturated heterocycles. The molecule has 92 valence electrons. The van der Waals surface area contributed by atoms with Crippen LogP contribution in [0, 0.1) is 5.41 Å². The number of likely N-dealkylation sites (tertiary alicyclic amines) is 1. The Morgan fingerprint density at radius 3 is 2.44 bits per heavy atom. The molecule has 3 heteroatoms. The first-order chi connectivity index (χ1) is 7.70. The molecule has 2 aliphatic rings. The van der Waals surface area contributed by atoms with Crippen molar-refractivity contribution in [3.63, 3.8) is 0 Å². The van der Waals surface area contributed by atoms with Crippen LogP contribution in [-0.4, -0.2) is 37.0 Å². The molecule has 3 nitrogen and oxygen atoms in total. The maximum atomic E-state index is 11.9. The van der Waals surface area contributed by atoms with Crippen molar-refractivity contribution in [1.82, 2.24) is 10.2 Å². The highest BCUT2D eigenvalue weighted by Gasteiger charge is 2.31. The zero-order valence-corrected chi connectivity index (χ0v) is 10.4. The maximum absolute atomic E-state index is 11.9. The monoisotopic (exact) mass is 224 g/mol. The standard InChI is InChI=1S/C13H24N2O/c1-13(6-5-7-13)11-14-10-12(16)15-8-3-2-4-9-15/h14H,2-11H2,1H3. The Morgan fingerprint density at radius 1 is 1.19 bits per heavy atom. The molecule has 1 saturated carbocycles. The molecule has 0 radical (unpaired) electrons. The molecule has 1 heterocycles. The average Bonchev–Trinajstić information content (AvgIpc) is 2.28. The SMILES string of the molecule is CC1(CNCC(=O)N2CCCCC2)CCC1. The summed E-state index contributed by atoms with van der Waals surface area (Å²) in [4.78, 5) is 13.9. The Bertz CT molecular complexity index is 242. The molecule has 1 aliphatic carbocycles. The molecule has 0 aromatic heterocycles. The fourth-order valence-electron chi connectivity index (χ4n) is 2.68. The fourth-order valence-corrected chi connectivity index (χ4v) is 2.68. The van der Waals surface area contributed by atoms with E-state index in [9.17, 15) is 4.79 Å². The van der Waals surface area contributed by atoms with Gasteiger partial charge in [0.05, 0.1) is 6.54 Å². The number of piperidine rings is 1. The second kappa shape index (κ2) is 5.17. The molecule has 0 atom stereocenters. The Kier molecular flexibility index (Phi) is 3.85. The zero-order chi connectivity index (χ0) is 11.4. The van der Waals surface area contributed by atoms with Crippen LogP contribution in [0.15, 0.2) is 0 Å². The van der Waals surface area contributed by atoms with Gasteiger partial charge in [-0.3, -0.25) is 4.79 Å². The topological polar surface area (TPSA) is 32.3 Å². The highest BCUT2D eigenvalue weighted by molar-refractivity contribution is 5.78. The largest absolute Gasteiger partial charge is 0.342 e. The molecule has 1 amide bonds. The van der Waals surface area contributed by atoms with E-state index in [2.05, 4.69) is 12.2 Å². The van der Waals surface area contributed by atoms with Crippen LogP contribution in [0.1, 0.15) is 45.4 Å². The van der Waals surface area contributed by atoms with Crippen molar-refractivity contribution < 1.29 is 4.79 Å². The first-order valence-electron chi connectivity index (χ1n) is 6.68. The maximum Gasteiger partial charge on any atom is 0.236 e.